The second kappa shape index (κ2) is 5.66. The van der Waals surface area contributed by atoms with E-state index in [0.717, 1.165) is 6.42 Å². The summed E-state index contributed by atoms with van der Waals surface area (Å²) in [6, 6.07) is 0. The van der Waals surface area contributed by atoms with Gasteiger partial charge < -0.3 is 14.4 Å². The molecule has 1 spiro atoms. The van der Waals surface area contributed by atoms with Crippen LogP contribution in [0, 0.1) is 5.82 Å². The Kier molecular flexibility index (Phi) is 3.76. The fourth-order valence-corrected chi connectivity index (χ4v) is 3.25. The molecule has 2 aliphatic heterocycles. The third-order valence-corrected chi connectivity index (χ3v) is 4.64. The Hall–Kier alpha value is -1.28. The molecule has 0 aliphatic carbocycles. The van der Waals surface area contributed by atoms with Crippen molar-refractivity contribution >= 4 is 39.9 Å². The number of rotatable bonds is 1. The molecule has 0 saturated carbocycles. The van der Waals surface area contributed by atoms with Gasteiger partial charge in [-0.05, 0) is 11.6 Å². The summed E-state index contributed by atoms with van der Waals surface area (Å²) in [6.45, 7) is 2.97. The number of pyridine rings is 1. The molecule has 122 valence electrons. The van der Waals surface area contributed by atoms with Crippen LogP contribution in [0.15, 0.2) is 6.20 Å². The monoisotopic (exact) mass is 358 g/mol. The van der Waals surface area contributed by atoms with Crippen LogP contribution in [0.3, 0.4) is 0 Å². The average Bonchev–Trinajstić information content (AvgIpc) is 2.73. The lowest BCUT2D eigenvalue weighted by atomic mass is 9.95. The maximum Gasteiger partial charge on any atom is 0.225 e. The standard InChI is InChI=1S/C14H13Cl2FN4O2/c15-11-9(17)10-8(5-18-11)12(20-13(16)19-10)21-2-4-22-7-14(6-21)1-3-23-14/h5H,1-4,6-7H2. The molecule has 0 aromatic carbocycles. The van der Waals surface area contributed by atoms with Gasteiger partial charge in [-0.3, -0.25) is 0 Å². The first-order valence-corrected chi connectivity index (χ1v) is 7.97. The largest absolute Gasteiger partial charge is 0.377 e. The number of aromatic nitrogens is 3. The third kappa shape index (κ3) is 2.61. The third-order valence-electron chi connectivity index (χ3n) is 4.21. The number of nitrogens with zero attached hydrogens (tertiary/aromatic N) is 4. The molecule has 2 aromatic rings. The van der Waals surface area contributed by atoms with E-state index in [-0.39, 0.29) is 21.6 Å². The summed E-state index contributed by atoms with van der Waals surface area (Å²) in [7, 11) is 0. The van der Waals surface area contributed by atoms with E-state index in [1.54, 1.807) is 0 Å². The number of hydrogen-bond acceptors (Lipinski definition) is 6. The molecule has 23 heavy (non-hydrogen) atoms. The van der Waals surface area contributed by atoms with Crippen LogP contribution in [0.1, 0.15) is 6.42 Å². The van der Waals surface area contributed by atoms with E-state index < -0.39 is 5.82 Å². The lowest BCUT2D eigenvalue weighted by Crippen LogP contribution is -2.54. The molecular weight excluding hydrogens is 346 g/mol. The zero-order valence-electron chi connectivity index (χ0n) is 12.1. The SMILES string of the molecule is Fc1c(Cl)ncc2c(N3CCOCC4(CCO4)C3)nc(Cl)nc12. The maximum atomic E-state index is 14.2. The minimum atomic E-state index is -0.699. The van der Waals surface area contributed by atoms with E-state index in [4.69, 9.17) is 32.7 Å². The van der Waals surface area contributed by atoms with Crippen LogP contribution in [0.5, 0.6) is 0 Å². The maximum absolute atomic E-state index is 14.2. The highest BCUT2D eigenvalue weighted by atomic mass is 35.5. The van der Waals surface area contributed by atoms with Crippen molar-refractivity contribution in [1.82, 2.24) is 15.0 Å². The number of ether oxygens (including phenoxy) is 2. The Morgan fingerprint density at radius 3 is 2.83 bits per heavy atom. The predicted octanol–water partition coefficient (Wildman–Crippen LogP) is 2.47. The summed E-state index contributed by atoms with van der Waals surface area (Å²) < 4.78 is 25.6. The zero-order chi connectivity index (χ0) is 16.0. The molecule has 2 aliphatic rings. The number of fused-ring (bicyclic) bond motifs is 1. The molecule has 0 N–H and O–H groups in total. The molecule has 6 nitrogen and oxygen atoms in total. The Labute approximate surface area is 141 Å². The first-order chi connectivity index (χ1) is 11.1. The first kappa shape index (κ1) is 15.3. The van der Waals surface area contributed by atoms with Crippen LogP contribution in [0.25, 0.3) is 10.9 Å². The number of anilines is 1. The van der Waals surface area contributed by atoms with Gasteiger partial charge in [0.2, 0.25) is 5.28 Å². The summed E-state index contributed by atoms with van der Waals surface area (Å²) in [5.74, 6) is -0.182. The molecule has 1 unspecified atom stereocenters. The minimum Gasteiger partial charge on any atom is -0.377 e. The second-order valence-electron chi connectivity index (χ2n) is 5.70. The molecule has 0 bridgehead atoms. The van der Waals surface area contributed by atoms with Gasteiger partial charge in [-0.15, -0.1) is 0 Å². The van der Waals surface area contributed by atoms with E-state index in [0.29, 0.717) is 44.1 Å². The van der Waals surface area contributed by atoms with E-state index in [1.165, 1.54) is 6.20 Å². The second-order valence-corrected chi connectivity index (χ2v) is 6.39. The predicted molar refractivity (Wildman–Crippen MR) is 83.6 cm³/mol. The minimum absolute atomic E-state index is 0.0394. The van der Waals surface area contributed by atoms with Crippen molar-refractivity contribution in [1.29, 1.82) is 0 Å². The number of halogens is 3. The van der Waals surface area contributed by atoms with Gasteiger partial charge in [-0.25, -0.2) is 14.4 Å². The van der Waals surface area contributed by atoms with Gasteiger partial charge in [0, 0.05) is 19.2 Å². The van der Waals surface area contributed by atoms with Crippen LogP contribution < -0.4 is 4.90 Å². The van der Waals surface area contributed by atoms with Crippen LogP contribution in [0.4, 0.5) is 10.2 Å². The first-order valence-electron chi connectivity index (χ1n) is 7.22. The van der Waals surface area contributed by atoms with E-state index in [2.05, 4.69) is 15.0 Å². The molecule has 9 heteroatoms. The van der Waals surface area contributed by atoms with Gasteiger partial charge in [0.05, 0.1) is 31.8 Å². The van der Waals surface area contributed by atoms with Crippen molar-refractivity contribution in [2.45, 2.75) is 12.0 Å². The van der Waals surface area contributed by atoms with Crippen molar-refractivity contribution in [3.8, 4) is 0 Å². The van der Waals surface area contributed by atoms with Crippen LogP contribution in [-0.2, 0) is 9.47 Å². The summed E-state index contributed by atoms with van der Waals surface area (Å²) in [5, 5.41) is 0.186. The lowest BCUT2D eigenvalue weighted by molar-refractivity contribution is -0.167. The Morgan fingerprint density at radius 1 is 1.26 bits per heavy atom. The quantitative estimate of drug-likeness (QED) is 0.576. The van der Waals surface area contributed by atoms with Crippen LogP contribution in [0.2, 0.25) is 10.4 Å². The van der Waals surface area contributed by atoms with Crippen molar-refractivity contribution in [3.05, 3.63) is 22.5 Å². The summed E-state index contributed by atoms with van der Waals surface area (Å²) in [5.41, 5.74) is -0.271. The number of hydrogen-bond donors (Lipinski definition) is 0. The molecular formula is C14H13Cl2FN4O2. The molecule has 2 saturated heterocycles. The summed E-state index contributed by atoms with van der Waals surface area (Å²) in [6.07, 6.45) is 2.38. The lowest BCUT2D eigenvalue weighted by Gasteiger charge is -2.42. The molecule has 4 rings (SSSR count). The highest BCUT2D eigenvalue weighted by molar-refractivity contribution is 6.30. The fourth-order valence-electron chi connectivity index (χ4n) is 2.95. The average molecular weight is 359 g/mol. The zero-order valence-corrected chi connectivity index (χ0v) is 13.6. The van der Waals surface area contributed by atoms with Gasteiger partial charge in [-0.2, -0.15) is 4.98 Å². The molecule has 0 radical (unpaired) electrons. The molecule has 0 amide bonds. The summed E-state index contributed by atoms with van der Waals surface area (Å²) >= 11 is 11.7. The molecule has 2 fully saturated rings. The van der Waals surface area contributed by atoms with Gasteiger partial charge in [0.1, 0.15) is 16.9 Å². The normalized spacial score (nSPS) is 24.7. The van der Waals surface area contributed by atoms with E-state index >= 15 is 0 Å². The Balaban J connectivity index is 1.82. The molecule has 1 atom stereocenters. The topological polar surface area (TPSA) is 60.4 Å². The van der Waals surface area contributed by atoms with Crippen molar-refractivity contribution < 1.29 is 13.9 Å². The van der Waals surface area contributed by atoms with Gasteiger partial charge in [0.25, 0.3) is 0 Å². The van der Waals surface area contributed by atoms with Crippen molar-refractivity contribution in [2.75, 3.05) is 37.8 Å². The van der Waals surface area contributed by atoms with Crippen molar-refractivity contribution in [3.63, 3.8) is 0 Å². The molecule has 2 aromatic heterocycles. The smallest absolute Gasteiger partial charge is 0.225 e. The highest BCUT2D eigenvalue weighted by Crippen LogP contribution is 2.34. The van der Waals surface area contributed by atoms with Gasteiger partial charge in [0.15, 0.2) is 11.0 Å². The van der Waals surface area contributed by atoms with E-state index in [1.807, 2.05) is 4.90 Å². The van der Waals surface area contributed by atoms with Crippen LogP contribution in [-0.4, -0.2) is 53.5 Å². The Bertz CT molecular complexity index is 772. The Morgan fingerprint density at radius 2 is 2.09 bits per heavy atom. The van der Waals surface area contributed by atoms with Gasteiger partial charge >= 0.3 is 0 Å². The van der Waals surface area contributed by atoms with Gasteiger partial charge in [-0.1, -0.05) is 11.6 Å². The van der Waals surface area contributed by atoms with E-state index in [9.17, 15) is 4.39 Å². The highest BCUT2D eigenvalue weighted by Gasteiger charge is 2.42. The van der Waals surface area contributed by atoms with Crippen LogP contribution >= 0.6 is 23.2 Å². The molecule has 4 heterocycles. The van der Waals surface area contributed by atoms with Crippen molar-refractivity contribution in [2.24, 2.45) is 0 Å². The fraction of sp³-hybridized carbons (Fsp3) is 0.500. The summed E-state index contributed by atoms with van der Waals surface area (Å²) in [4.78, 5) is 14.1.